The van der Waals surface area contributed by atoms with Gasteiger partial charge in [0.25, 0.3) is 5.56 Å². The second-order valence-corrected chi connectivity index (χ2v) is 6.32. The van der Waals surface area contributed by atoms with E-state index in [-0.39, 0.29) is 16.5 Å². The lowest BCUT2D eigenvalue weighted by molar-refractivity contribution is 0.510. The van der Waals surface area contributed by atoms with Crippen molar-refractivity contribution in [3.05, 3.63) is 39.9 Å². The highest BCUT2D eigenvalue weighted by Gasteiger charge is 2.13. The van der Waals surface area contributed by atoms with Gasteiger partial charge in [0.05, 0.1) is 10.9 Å². The number of nitrogens with zero attached hydrogens (tertiary/aromatic N) is 2. The van der Waals surface area contributed by atoms with Gasteiger partial charge in [-0.05, 0) is 38.9 Å². The second kappa shape index (κ2) is 10.3. The normalized spacial score (nSPS) is 14.6. The van der Waals surface area contributed by atoms with Crippen LogP contribution in [0.4, 0.5) is 8.78 Å². The van der Waals surface area contributed by atoms with Gasteiger partial charge in [0.2, 0.25) is 0 Å². The molecule has 7 heteroatoms. The maximum absolute atomic E-state index is 13.2. The molecule has 2 N–H and O–H groups in total. The van der Waals surface area contributed by atoms with E-state index in [0.29, 0.717) is 18.8 Å². The molecule has 5 nitrogen and oxygen atoms in total. The van der Waals surface area contributed by atoms with Crippen molar-refractivity contribution < 1.29 is 8.78 Å². The number of rotatable bonds is 4. The topological polar surface area (TPSA) is 59.0 Å². The van der Waals surface area contributed by atoms with E-state index in [0.717, 1.165) is 38.1 Å². The van der Waals surface area contributed by atoms with E-state index in [4.69, 9.17) is 0 Å². The van der Waals surface area contributed by atoms with Crippen molar-refractivity contribution in [1.82, 2.24) is 20.2 Å². The first-order valence-corrected chi connectivity index (χ1v) is 9.38. The number of hydrogen-bond donors (Lipinski definition) is 2. The molecule has 0 bridgehead atoms. The Balaban J connectivity index is 0.000000290. The zero-order chi connectivity index (χ0) is 18.9. The molecule has 0 unspecified atom stereocenters. The van der Waals surface area contributed by atoms with Crippen LogP contribution in [-0.2, 0) is 13.0 Å². The summed E-state index contributed by atoms with van der Waals surface area (Å²) in [5.41, 5.74) is -0.0859. The minimum absolute atomic E-state index is 0.126. The van der Waals surface area contributed by atoms with Crippen molar-refractivity contribution in [3.63, 3.8) is 0 Å². The zero-order valence-corrected chi connectivity index (χ0v) is 15.6. The number of hydrogen-bond acceptors (Lipinski definition) is 4. The molecule has 2 aromatic rings. The third-order valence-corrected chi connectivity index (χ3v) is 4.33. The van der Waals surface area contributed by atoms with E-state index < -0.39 is 11.6 Å². The third kappa shape index (κ3) is 5.32. The van der Waals surface area contributed by atoms with Crippen LogP contribution in [-0.4, -0.2) is 35.7 Å². The first-order chi connectivity index (χ1) is 12.6. The lowest BCUT2D eigenvalue weighted by atomic mass is 10.2. The Labute approximate surface area is 152 Å². The molecule has 0 spiro atoms. The minimum atomic E-state index is -1.02. The van der Waals surface area contributed by atoms with E-state index in [2.05, 4.69) is 15.6 Å². The lowest BCUT2D eigenvalue weighted by Gasteiger charge is -2.11. The number of aryl methyl sites for hydroxylation is 1. The van der Waals surface area contributed by atoms with Gasteiger partial charge in [-0.25, -0.2) is 13.8 Å². The van der Waals surface area contributed by atoms with Gasteiger partial charge in [0, 0.05) is 32.1 Å². The second-order valence-electron chi connectivity index (χ2n) is 6.32. The van der Waals surface area contributed by atoms with E-state index in [1.165, 1.54) is 24.1 Å². The van der Waals surface area contributed by atoms with Crippen LogP contribution in [0, 0.1) is 11.6 Å². The van der Waals surface area contributed by atoms with Gasteiger partial charge in [-0.3, -0.25) is 9.36 Å². The van der Waals surface area contributed by atoms with Crippen molar-refractivity contribution in [2.45, 2.75) is 46.1 Å². The molecule has 1 aliphatic rings. The molecule has 1 fully saturated rings. The largest absolute Gasteiger partial charge is 0.315 e. The monoisotopic (exact) mass is 366 g/mol. The van der Waals surface area contributed by atoms with Gasteiger partial charge in [0.15, 0.2) is 11.6 Å². The minimum Gasteiger partial charge on any atom is -0.315 e. The summed E-state index contributed by atoms with van der Waals surface area (Å²) in [6, 6.07) is 1.91. The number of aromatic nitrogens is 2. The average molecular weight is 366 g/mol. The zero-order valence-electron chi connectivity index (χ0n) is 15.6. The predicted octanol–water partition coefficient (Wildman–Crippen LogP) is 2.61. The summed E-state index contributed by atoms with van der Waals surface area (Å²) in [5.74, 6) is -1.36. The molecule has 0 aliphatic carbocycles. The van der Waals surface area contributed by atoms with Crippen LogP contribution in [0.25, 0.3) is 10.9 Å². The highest BCUT2D eigenvalue weighted by Crippen LogP contribution is 2.15. The summed E-state index contributed by atoms with van der Waals surface area (Å²) in [4.78, 5) is 16.5. The predicted molar refractivity (Wildman–Crippen MR) is 101 cm³/mol. The van der Waals surface area contributed by atoms with E-state index in [1.54, 1.807) is 0 Å². The highest BCUT2D eigenvalue weighted by molar-refractivity contribution is 5.77. The molecule has 1 aromatic heterocycles. The van der Waals surface area contributed by atoms with E-state index >= 15 is 0 Å². The molecular formula is C19H28F2N4O. The van der Waals surface area contributed by atoms with Crippen molar-refractivity contribution in [1.29, 1.82) is 0 Å². The molecule has 1 aromatic carbocycles. The van der Waals surface area contributed by atoms with E-state index in [1.807, 2.05) is 13.8 Å². The van der Waals surface area contributed by atoms with Gasteiger partial charge >= 0.3 is 0 Å². The van der Waals surface area contributed by atoms with Crippen molar-refractivity contribution in [3.8, 4) is 0 Å². The van der Waals surface area contributed by atoms with Crippen LogP contribution in [0.5, 0.6) is 0 Å². The summed E-state index contributed by atoms with van der Waals surface area (Å²) in [6.07, 6.45) is 3.82. The van der Waals surface area contributed by atoms with Gasteiger partial charge in [-0.15, -0.1) is 0 Å². The van der Waals surface area contributed by atoms with Gasteiger partial charge in [-0.2, -0.15) is 0 Å². The van der Waals surface area contributed by atoms with Crippen LogP contribution in [0.1, 0.15) is 38.9 Å². The molecule has 0 radical (unpaired) electrons. The fraction of sp³-hybridized carbons (Fsp3) is 0.579. The standard InChI is InChI=1S/C14H16F2N2O.C5H12N2/c1-3-5-6-13-17-12-8-11(16)10(15)7-9(12)14(19)18(13)4-2;1-2-6-4-5-7-3-1/h7-8H,3-6H2,1-2H3;6-7H,1-5H2. The summed E-state index contributed by atoms with van der Waals surface area (Å²) in [7, 11) is 0. The summed E-state index contributed by atoms with van der Waals surface area (Å²) < 4.78 is 28.0. The molecular weight excluding hydrogens is 338 g/mol. The number of benzene rings is 1. The summed E-state index contributed by atoms with van der Waals surface area (Å²) in [5, 5.41) is 6.70. The Bertz CT molecular complexity index is 757. The Morgan fingerprint density at radius 3 is 2.35 bits per heavy atom. The highest BCUT2D eigenvalue weighted by atomic mass is 19.2. The summed E-state index contributed by atoms with van der Waals surface area (Å²) >= 11 is 0. The third-order valence-electron chi connectivity index (χ3n) is 4.33. The maximum atomic E-state index is 13.2. The number of unbranched alkanes of at least 4 members (excludes halogenated alkanes) is 1. The Hall–Kier alpha value is -1.86. The molecule has 2 heterocycles. The number of fused-ring (bicyclic) bond motifs is 1. The molecule has 26 heavy (non-hydrogen) atoms. The van der Waals surface area contributed by atoms with Crippen molar-refractivity contribution in [2.24, 2.45) is 0 Å². The SMILES string of the molecule is C1CNCCNC1.CCCCc1nc2cc(F)c(F)cc2c(=O)n1CC. The van der Waals surface area contributed by atoms with E-state index in [9.17, 15) is 13.6 Å². The lowest BCUT2D eigenvalue weighted by Crippen LogP contribution is -2.25. The fourth-order valence-corrected chi connectivity index (χ4v) is 2.88. The molecule has 0 saturated carbocycles. The summed E-state index contributed by atoms with van der Waals surface area (Å²) in [6.45, 7) is 9.01. The Morgan fingerprint density at radius 2 is 1.73 bits per heavy atom. The molecule has 0 atom stereocenters. The quantitative estimate of drug-likeness (QED) is 0.873. The van der Waals surface area contributed by atoms with Gasteiger partial charge in [0.1, 0.15) is 5.82 Å². The Kier molecular flexibility index (Phi) is 8.12. The molecule has 1 aliphatic heterocycles. The van der Waals surface area contributed by atoms with Crippen molar-refractivity contribution >= 4 is 10.9 Å². The van der Waals surface area contributed by atoms with Crippen LogP contribution < -0.4 is 16.2 Å². The molecule has 3 rings (SSSR count). The van der Waals surface area contributed by atoms with Gasteiger partial charge < -0.3 is 10.6 Å². The average Bonchev–Trinajstić information content (AvgIpc) is 2.95. The molecule has 1 saturated heterocycles. The first-order valence-electron chi connectivity index (χ1n) is 9.38. The Morgan fingerprint density at radius 1 is 1.08 bits per heavy atom. The fourth-order valence-electron chi connectivity index (χ4n) is 2.88. The smallest absolute Gasteiger partial charge is 0.261 e. The van der Waals surface area contributed by atoms with Gasteiger partial charge in [-0.1, -0.05) is 13.3 Å². The van der Waals surface area contributed by atoms with Crippen LogP contribution >= 0.6 is 0 Å². The van der Waals surface area contributed by atoms with Crippen LogP contribution in [0.3, 0.4) is 0 Å². The molecule has 0 amide bonds. The maximum Gasteiger partial charge on any atom is 0.261 e. The van der Waals surface area contributed by atoms with Crippen LogP contribution in [0.2, 0.25) is 0 Å². The number of halogens is 2. The van der Waals surface area contributed by atoms with Crippen molar-refractivity contribution in [2.75, 3.05) is 26.2 Å². The first kappa shape index (κ1) is 20.5. The number of nitrogens with one attached hydrogen (secondary N) is 2. The van der Waals surface area contributed by atoms with Crippen LogP contribution in [0.15, 0.2) is 16.9 Å². The molecule has 144 valence electrons.